The van der Waals surface area contributed by atoms with Crippen molar-refractivity contribution in [1.82, 2.24) is 0 Å². The van der Waals surface area contributed by atoms with Gasteiger partial charge in [-0.25, -0.2) is 4.79 Å². The lowest BCUT2D eigenvalue weighted by Gasteiger charge is -2.17. The molecule has 1 saturated carbocycles. The number of aromatic hydroxyl groups is 2. The fourth-order valence-corrected chi connectivity index (χ4v) is 3.31. The largest absolute Gasteiger partial charge is 0.506 e. The molecule has 1 aliphatic carbocycles. The molecule has 1 heterocycles. The second-order valence-electron chi connectivity index (χ2n) is 6.59. The fourth-order valence-electron chi connectivity index (χ4n) is 3.16. The van der Waals surface area contributed by atoms with Gasteiger partial charge < -0.3 is 14.9 Å². The van der Waals surface area contributed by atoms with Crippen molar-refractivity contribution in [1.29, 1.82) is 0 Å². The maximum Gasteiger partial charge on any atom is 0.342 e. The summed E-state index contributed by atoms with van der Waals surface area (Å²) in [6.07, 6.45) is 8.24. The minimum atomic E-state index is -0.747. The van der Waals surface area contributed by atoms with Crippen molar-refractivity contribution in [2.75, 3.05) is 0 Å². The number of ether oxygens (including phenoxy) is 1. The Balaban J connectivity index is 2.00. The van der Waals surface area contributed by atoms with Crippen molar-refractivity contribution in [3.05, 3.63) is 46.5 Å². The van der Waals surface area contributed by atoms with Crippen LogP contribution in [0.2, 0.25) is 5.02 Å². The molecule has 132 valence electrons. The number of phenols is 2. The molecule has 0 saturated heterocycles. The predicted octanol–water partition coefficient (Wildman–Crippen LogP) is 3.56. The highest BCUT2D eigenvalue weighted by molar-refractivity contribution is 6.34. The number of allylic oxidation sites excluding steroid dienone is 4. The Morgan fingerprint density at radius 1 is 1.20 bits per heavy atom. The molecule has 0 aromatic heterocycles. The Kier molecular flexibility index (Phi) is 4.86. The SMILES string of the molecule is C[C@@H]1C[C@H]2C[C@@H]2/C=C\C=C\C(=O)Cc2cc(O)c(Cl)c(O)c2C(=O)O1. The molecule has 2 aliphatic rings. The third-order valence-electron chi connectivity index (χ3n) is 4.54. The van der Waals surface area contributed by atoms with Gasteiger partial charge >= 0.3 is 5.97 Å². The lowest BCUT2D eigenvalue weighted by molar-refractivity contribution is -0.114. The van der Waals surface area contributed by atoms with Crippen LogP contribution in [0.15, 0.2) is 30.4 Å². The van der Waals surface area contributed by atoms with Gasteiger partial charge in [0, 0.05) is 6.42 Å². The van der Waals surface area contributed by atoms with Crippen LogP contribution in [0.5, 0.6) is 11.5 Å². The zero-order valence-corrected chi connectivity index (χ0v) is 14.5. The van der Waals surface area contributed by atoms with E-state index in [1.165, 1.54) is 12.1 Å². The monoisotopic (exact) mass is 362 g/mol. The van der Waals surface area contributed by atoms with Crippen molar-refractivity contribution >= 4 is 23.4 Å². The van der Waals surface area contributed by atoms with Gasteiger partial charge in [-0.05, 0) is 49.3 Å². The molecule has 25 heavy (non-hydrogen) atoms. The van der Waals surface area contributed by atoms with Gasteiger partial charge in [0.15, 0.2) is 11.5 Å². The van der Waals surface area contributed by atoms with Crippen LogP contribution in [0, 0.1) is 11.8 Å². The topological polar surface area (TPSA) is 83.8 Å². The standard InChI is InChI=1S/C19H19ClO5/c1-10-6-12-7-11(12)4-2-3-5-14(21)8-13-9-15(22)17(20)18(23)16(13)19(24)25-10/h2-5,9-12,22-23H,6-8H2,1H3/b4-2-,5-3+/t10-,11+,12+/m1/s1. The first kappa shape index (κ1) is 17.5. The molecule has 3 atom stereocenters. The Labute approximate surface area is 150 Å². The third-order valence-corrected chi connectivity index (χ3v) is 4.91. The number of esters is 1. The molecule has 1 aliphatic heterocycles. The zero-order chi connectivity index (χ0) is 18.1. The fraction of sp³-hybridized carbons (Fsp3) is 0.368. The van der Waals surface area contributed by atoms with Gasteiger partial charge in [-0.3, -0.25) is 4.79 Å². The molecule has 0 radical (unpaired) electrons. The number of fused-ring (bicyclic) bond motifs is 2. The first-order chi connectivity index (χ1) is 11.9. The third kappa shape index (κ3) is 3.87. The molecule has 0 spiro atoms. The summed E-state index contributed by atoms with van der Waals surface area (Å²) >= 11 is 5.84. The number of hydrogen-bond donors (Lipinski definition) is 2. The van der Waals surface area contributed by atoms with E-state index in [-0.39, 0.29) is 34.5 Å². The number of carbonyl (C=O) groups excluding carboxylic acids is 2. The van der Waals surface area contributed by atoms with Crippen molar-refractivity contribution in [2.45, 2.75) is 32.3 Å². The highest BCUT2D eigenvalue weighted by atomic mass is 35.5. The zero-order valence-electron chi connectivity index (χ0n) is 13.7. The first-order valence-electron chi connectivity index (χ1n) is 8.18. The number of carbonyl (C=O) groups is 2. The van der Waals surface area contributed by atoms with Crippen LogP contribution in [0.4, 0.5) is 0 Å². The van der Waals surface area contributed by atoms with Crippen molar-refractivity contribution in [2.24, 2.45) is 11.8 Å². The van der Waals surface area contributed by atoms with Crippen LogP contribution in [0.25, 0.3) is 0 Å². The summed E-state index contributed by atoms with van der Waals surface area (Å²) < 4.78 is 5.44. The van der Waals surface area contributed by atoms with Crippen molar-refractivity contribution in [3.63, 3.8) is 0 Å². The van der Waals surface area contributed by atoms with Crippen molar-refractivity contribution < 1.29 is 24.5 Å². The number of phenolic OH excluding ortho intramolecular Hbond substituents is 2. The molecule has 1 fully saturated rings. The molecule has 6 heteroatoms. The molecule has 0 bridgehead atoms. The van der Waals surface area contributed by atoms with Crippen molar-refractivity contribution in [3.8, 4) is 11.5 Å². The van der Waals surface area contributed by atoms with Gasteiger partial charge in [-0.1, -0.05) is 29.8 Å². The highest BCUT2D eigenvalue weighted by Gasteiger charge is 2.36. The van der Waals surface area contributed by atoms with E-state index in [0.29, 0.717) is 11.8 Å². The molecule has 0 amide bonds. The van der Waals surface area contributed by atoms with E-state index in [4.69, 9.17) is 16.3 Å². The second kappa shape index (κ2) is 6.92. The Hall–Kier alpha value is -2.27. The van der Waals surface area contributed by atoms with E-state index >= 15 is 0 Å². The molecule has 1 aromatic carbocycles. The smallest absolute Gasteiger partial charge is 0.342 e. The number of hydrogen-bond acceptors (Lipinski definition) is 5. The van der Waals surface area contributed by atoms with Gasteiger partial charge in [-0.15, -0.1) is 0 Å². The summed E-state index contributed by atoms with van der Waals surface area (Å²) in [5.41, 5.74) is 0.00735. The van der Waals surface area contributed by atoms with Gasteiger partial charge in [0.25, 0.3) is 0 Å². The lowest BCUT2D eigenvalue weighted by atomic mass is 10.00. The second-order valence-corrected chi connectivity index (χ2v) is 6.97. The van der Waals surface area contributed by atoms with Crippen LogP contribution in [0.1, 0.15) is 35.7 Å². The number of halogens is 1. The Bertz CT molecular complexity index is 781. The molecule has 2 N–H and O–H groups in total. The minimum Gasteiger partial charge on any atom is -0.506 e. The average Bonchev–Trinajstić information content (AvgIpc) is 3.26. The summed E-state index contributed by atoms with van der Waals surface area (Å²) in [5, 5.41) is 19.7. The van der Waals surface area contributed by atoms with E-state index < -0.39 is 17.5 Å². The summed E-state index contributed by atoms with van der Waals surface area (Å²) in [4.78, 5) is 24.6. The molecular weight excluding hydrogens is 344 g/mol. The quantitative estimate of drug-likeness (QED) is 0.689. The predicted molar refractivity (Wildman–Crippen MR) is 92.9 cm³/mol. The van der Waals surface area contributed by atoms with Gasteiger partial charge in [0.05, 0.1) is 6.10 Å². The summed E-state index contributed by atoms with van der Waals surface area (Å²) in [6.45, 7) is 1.80. The Morgan fingerprint density at radius 3 is 2.72 bits per heavy atom. The molecule has 3 rings (SSSR count). The van der Waals surface area contributed by atoms with Gasteiger partial charge in [0.1, 0.15) is 16.3 Å². The first-order valence-corrected chi connectivity index (χ1v) is 8.56. The number of cyclic esters (lactones) is 1. The van der Waals surface area contributed by atoms with Crippen LogP contribution in [-0.4, -0.2) is 28.1 Å². The minimum absolute atomic E-state index is 0.159. The lowest BCUT2D eigenvalue weighted by Crippen LogP contribution is -2.18. The van der Waals surface area contributed by atoms with Crippen LogP contribution in [0.3, 0.4) is 0 Å². The normalized spacial score (nSPS) is 29.0. The van der Waals surface area contributed by atoms with Gasteiger partial charge in [-0.2, -0.15) is 0 Å². The van der Waals surface area contributed by atoms with E-state index in [1.54, 1.807) is 13.0 Å². The molecule has 0 unspecified atom stereocenters. The number of benzene rings is 1. The van der Waals surface area contributed by atoms with E-state index in [9.17, 15) is 19.8 Å². The van der Waals surface area contributed by atoms with E-state index in [0.717, 1.165) is 12.8 Å². The summed E-state index contributed by atoms with van der Waals surface area (Å²) in [6, 6.07) is 1.22. The van der Waals surface area contributed by atoms with Crippen LogP contribution < -0.4 is 0 Å². The number of rotatable bonds is 0. The maximum absolute atomic E-state index is 12.5. The average molecular weight is 363 g/mol. The molecule has 1 aromatic rings. The summed E-state index contributed by atoms with van der Waals surface area (Å²) in [7, 11) is 0. The van der Waals surface area contributed by atoms with E-state index in [1.807, 2.05) is 6.08 Å². The maximum atomic E-state index is 12.5. The van der Waals surface area contributed by atoms with Crippen LogP contribution >= 0.6 is 11.6 Å². The molecule has 5 nitrogen and oxygen atoms in total. The van der Waals surface area contributed by atoms with Gasteiger partial charge in [0.2, 0.25) is 0 Å². The highest BCUT2D eigenvalue weighted by Crippen LogP contribution is 2.44. The number of ketones is 1. The van der Waals surface area contributed by atoms with Crippen LogP contribution in [-0.2, 0) is 16.0 Å². The molecular formula is C19H19ClO5. The summed E-state index contributed by atoms with van der Waals surface area (Å²) in [5.74, 6) is -1.08. The van der Waals surface area contributed by atoms with E-state index in [2.05, 4.69) is 6.08 Å². The Morgan fingerprint density at radius 2 is 1.96 bits per heavy atom.